The molecule has 6 nitrogen and oxygen atoms in total. The summed E-state index contributed by atoms with van der Waals surface area (Å²) in [6.45, 7) is 10.5. The number of aryl methyl sites for hydroxylation is 1. The smallest absolute Gasteiger partial charge is 0.338 e. The molecule has 150 valence electrons. The highest BCUT2D eigenvalue weighted by Crippen LogP contribution is 2.22. The summed E-state index contributed by atoms with van der Waals surface area (Å²) in [6, 6.07) is 12.8. The Morgan fingerprint density at radius 3 is 2.25 bits per heavy atom. The molecule has 0 fully saturated rings. The van der Waals surface area contributed by atoms with Crippen molar-refractivity contribution in [3.63, 3.8) is 0 Å². The zero-order valence-corrected chi connectivity index (χ0v) is 17.0. The standard InChI is InChI=1S/C22H29N3O3/c1-5-25(6-2)19-12-13-20(16(4)14-19)23-15-21(26)24-18-10-8-17(9-11-18)22(27)28-7-3/h8-14,23H,5-7,15H2,1-4H3,(H,24,26). The number of carbonyl (C=O) groups is 2. The summed E-state index contributed by atoms with van der Waals surface area (Å²) in [4.78, 5) is 26.1. The first kappa shape index (κ1) is 21.3. The van der Waals surface area contributed by atoms with Gasteiger partial charge < -0.3 is 20.3 Å². The lowest BCUT2D eigenvalue weighted by Crippen LogP contribution is -2.23. The van der Waals surface area contributed by atoms with Gasteiger partial charge in [0, 0.05) is 30.2 Å². The van der Waals surface area contributed by atoms with Crippen molar-refractivity contribution < 1.29 is 14.3 Å². The van der Waals surface area contributed by atoms with Crippen LogP contribution in [0.1, 0.15) is 36.7 Å². The summed E-state index contributed by atoms with van der Waals surface area (Å²) in [7, 11) is 0. The van der Waals surface area contributed by atoms with E-state index < -0.39 is 0 Å². The predicted molar refractivity (Wildman–Crippen MR) is 114 cm³/mol. The number of carbonyl (C=O) groups excluding carboxylic acids is 2. The first-order chi connectivity index (χ1) is 13.5. The molecule has 2 rings (SSSR count). The van der Waals surface area contributed by atoms with Gasteiger partial charge in [-0.3, -0.25) is 4.79 Å². The van der Waals surface area contributed by atoms with Crippen LogP contribution in [0.25, 0.3) is 0 Å². The monoisotopic (exact) mass is 383 g/mol. The van der Waals surface area contributed by atoms with Crippen molar-refractivity contribution in [1.29, 1.82) is 0 Å². The molecule has 1 amide bonds. The van der Waals surface area contributed by atoms with Gasteiger partial charge in [0.1, 0.15) is 0 Å². The predicted octanol–water partition coefficient (Wildman–Crippen LogP) is 4.07. The van der Waals surface area contributed by atoms with Gasteiger partial charge in [0.2, 0.25) is 5.91 Å². The van der Waals surface area contributed by atoms with Crippen molar-refractivity contribution in [2.24, 2.45) is 0 Å². The second kappa shape index (κ2) is 10.3. The average molecular weight is 383 g/mol. The molecule has 2 aromatic rings. The number of nitrogens with one attached hydrogen (secondary N) is 2. The van der Waals surface area contributed by atoms with Gasteiger partial charge >= 0.3 is 5.97 Å². The fourth-order valence-corrected chi connectivity index (χ4v) is 2.92. The van der Waals surface area contributed by atoms with Crippen LogP contribution in [0.15, 0.2) is 42.5 Å². The molecule has 2 N–H and O–H groups in total. The molecule has 0 unspecified atom stereocenters. The van der Waals surface area contributed by atoms with Gasteiger partial charge in [-0.2, -0.15) is 0 Å². The topological polar surface area (TPSA) is 70.7 Å². The summed E-state index contributed by atoms with van der Waals surface area (Å²) in [5, 5.41) is 5.99. The van der Waals surface area contributed by atoms with Crippen molar-refractivity contribution in [3.05, 3.63) is 53.6 Å². The maximum atomic E-state index is 12.2. The van der Waals surface area contributed by atoms with Crippen molar-refractivity contribution in [1.82, 2.24) is 0 Å². The lowest BCUT2D eigenvalue weighted by atomic mass is 10.1. The molecular weight excluding hydrogens is 354 g/mol. The van der Waals surface area contributed by atoms with E-state index in [-0.39, 0.29) is 18.4 Å². The van der Waals surface area contributed by atoms with Crippen LogP contribution in [0.2, 0.25) is 0 Å². The molecule has 6 heteroatoms. The molecule has 0 aliphatic rings. The van der Waals surface area contributed by atoms with Gasteiger partial charge in [-0.1, -0.05) is 0 Å². The minimum atomic E-state index is -0.370. The van der Waals surface area contributed by atoms with E-state index in [0.717, 1.165) is 24.3 Å². The minimum absolute atomic E-state index is 0.156. The number of ether oxygens (including phenoxy) is 1. The van der Waals surface area contributed by atoms with Crippen molar-refractivity contribution in [3.8, 4) is 0 Å². The number of nitrogens with zero attached hydrogens (tertiary/aromatic N) is 1. The van der Waals surface area contributed by atoms with Crippen LogP contribution in [0, 0.1) is 6.92 Å². The second-order valence-corrected chi connectivity index (χ2v) is 6.37. The van der Waals surface area contributed by atoms with Gasteiger partial charge in [-0.05, 0) is 75.7 Å². The highest BCUT2D eigenvalue weighted by molar-refractivity contribution is 5.95. The summed E-state index contributed by atoms with van der Waals surface area (Å²) >= 11 is 0. The first-order valence-corrected chi connectivity index (χ1v) is 9.64. The van der Waals surface area contributed by atoms with E-state index in [1.807, 2.05) is 13.0 Å². The number of amides is 1. The molecule has 0 bridgehead atoms. The van der Waals surface area contributed by atoms with E-state index in [4.69, 9.17) is 4.74 Å². The van der Waals surface area contributed by atoms with E-state index in [9.17, 15) is 9.59 Å². The summed E-state index contributed by atoms with van der Waals surface area (Å²) in [6.07, 6.45) is 0. The Kier molecular flexibility index (Phi) is 7.87. The number of hydrogen-bond acceptors (Lipinski definition) is 5. The van der Waals surface area contributed by atoms with Crippen LogP contribution in [0.5, 0.6) is 0 Å². The van der Waals surface area contributed by atoms with E-state index in [1.54, 1.807) is 31.2 Å². The molecule has 0 aliphatic heterocycles. The first-order valence-electron chi connectivity index (χ1n) is 9.64. The number of benzene rings is 2. The van der Waals surface area contributed by atoms with Crippen molar-refractivity contribution in [2.45, 2.75) is 27.7 Å². The molecule has 0 heterocycles. The Morgan fingerprint density at radius 1 is 1.00 bits per heavy atom. The maximum Gasteiger partial charge on any atom is 0.338 e. The minimum Gasteiger partial charge on any atom is -0.462 e. The molecule has 0 saturated heterocycles. The Bertz CT molecular complexity index is 799. The van der Waals surface area contributed by atoms with Gasteiger partial charge in [-0.15, -0.1) is 0 Å². The fourth-order valence-electron chi connectivity index (χ4n) is 2.92. The Balaban J connectivity index is 1.91. The number of esters is 1. The third-order valence-corrected chi connectivity index (χ3v) is 4.46. The Hall–Kier alpha value is -3.02. The zero-order chi connectivity index (χ0) is 20.5. The third-order valence-electron chi connectivity index (χ3n) is 4.46. The highest BCUT2D eigenvalue weighted by atomic mass is 16.5. The highest BCUT2D eigenvalue weighted by Gasteiger charge is 2.09. The van der Waals surface area contributed by atoms with Gasteiger partial charge in [0.25, 0.3) is 0 Å². The molecule has 0 spiro atoms. The number of hydrogen-bond donors (Lipinski definition) is 2. The van der Waals surface area contributed by atoms with E-state index >= 15 is 0 Å². The molecule has 0 saturated carbocycles. The average Bonchev–Trinajstić information content (AvgIpc) is 2.69. The quantitative estimate of drug-likeness (QED) is 0.639. The fraction of sp³-hybridized carbons (Fsp3) is 0.364. The van der Waals surface area contributed by atoms with Gasteiger partial charge in [0.15, 0.2) is 0 Å². The van der Waals surface area contributed by atoms with Gasteiger partial charge in [-0.25, -0.2) is 4.79 Å². The van der Waals surface area contributed by atoms with E-state index in [1.165, 1.54) is 5.69 Å². The summed E-state index contributed by atoms with van der Waals surface area (Å²) in [5.41, 5.74) is 4.30. The number of anilines is 3. The largest absolute Gasteiger partial charge is 0.462 e. The third kappa shape index (κ3) is 5.74. The van der Waals surface area contributed by atoms with Gasteiger partial charge in [0.05, 0.1) is 18.7 Å². The van der Waals surface area contributed by atoms with Crippen LogP contribution in [-0.4, -0.2) is 38.1 Å². The molecule has 0 atom stereocenters. The maximum absolute atomic E-state index is 12.2. The molecule has 28 heavy (non-hydrogen) atoms. The normalized spacial score (nSPS) is 10.3. The summed E-state index contributed by atoms with van der Waals surface area (Å²) < 4.78 is 4.95. The van der Waals surface area contributed by atoms with Crippen LogP contribution in [0.4, 0.5) is 17.1 Å². The lowest BCUT2D eigenvalue weighted by Gasteiger charge is -2.22. The molecule has 0 radical (unpaired) electrons. The number of rotatable bonds is 9. The SMILES string of the molecule is CCOC(=O)c1ccc(NC(=O)CNc2ccc(N(CC)CC)cc2C)cc1. The second-order valence-electron chi connectivity index (χ2n) is 6.37. The molecular formula is C22H29N3O3. The van der Waals surface area contributed by atoms with Crippen LogP contribution in [-0.2, 0) is 9.53 Å². The van der Waals surface area contributed by atoms with Crippen LogP contribution < -0.4 is 15.5 Å². The lowest BCUT2D eigenvalue weighted by molar-refractivity contribution is -0.114. The zero-order valence-electron chi connectivity index (χ0n) is 17.0. The molecule has 2 aromatic carbocycles. The molecule has 0 aromatic heterocycles. The van der Waals surface area contributed by atoms with Crippen molar-refractivity contribution >= 4 is 28.9 Å². The van der Waals surface area contributed by atoms with Crippen molar-refractivity contribution in [2.75, 3.05) is 41.8 Å². The Morgan fingerprint density at radius 2 is 1.68 bits per heavy atom. The van der Waals surface area contributed by atoms with Crippen LogP contribution >= 0.6 is 0 Å². The van der Waals surface area contributed by atoms with E-state index in [0.29, 0.717) is 17.9 Å². The van der Waals surface area contributed by atoms with E-state index in [2.05, 4.69) is 41.5 Å². The molecule has 0 aliphatic carbocycles. The van der Waals surface area contributed by atoms with Crippen LogP contribution in [0.3, 0.4) is 0 Å². The summed E-state index contributed by atoms with van der Waals surface area (Å²) in [5.74, 6) is -0.526. The Labute approximate surface area is 166 Å².